The molecule has 0 saturated heterocycles. The van der Waals surface area contributed by atoms with E-state index in [1.807, 2.05) is 35.8 Å². The van der Waals surface area contributed by atoms with Crippen molar-refractivity contribution in [2.45, 2.75) is 13.5 Å². The highest BCUT2D eigenvalue weighted by atomic mass is 16.5. The van der Waals surface area contributed by atoms with E-state index in [-0.39, 0.29) is 0 Å². The van der Waals surface area contributed by atoms with Crippen LogP contribution >= 0.6 is 0 Å². The van der Waals surface area contributed by atoms with Crippen molar-refractivity contribution in [3.8, 4) is 5.75 Å². The first-order valence-electron chi connectivity index (χ1n) is 5.89. The van der Waals surface area contributed by atoms with E-state index < -0.39 is 5.97 Å². The van der Waals surface area contributed by atoms with Gasteiger partial charge in [0.15, 0.2) is 0 Å². The standard InChI is InChI=1S/C14H16N2O3/c1-10-15-8-12(14(17)19-3)16(10)9-11-6-4-5-7-13(11)18-2/h4-8H,9H2,1-3H3. The van der Waals surface area contributed by atoms with Crippen LogP contribution in [-0.4, -0.2) is 29.7 Å². The van der Waals surface area contributed by atoms with Crippen LogP contribution in [-0.2, 0) is 11.3 Å². The number of esters is 1. The maximum atomic E-state index is 11.7. The largest absolute Gasteiger partial charge is 0.496 e. The molecular formula is C14H16N2O3. The first-order valence-corrected chi connectivity index (χ1v) is 5.89. The number of carbonyl (C=O) groups is 1. The molecule has 0 N–H and O–H groups in total. The molecule has 0 unspecified atom stereocenters. The van der Waals surface area contributed by atoms with Gasteiger partial charge in [0.1, 0.15) is 17.3 Å². The third-order valence-electron chi connectivity index (χ3n) is 2.97. The Hall–Kier alpha value is -2.30. The fourth-order valence-corrected chi connectivity index (χ4v) is 1.94. The van der Waals surface area contributed by atoms with Crippen molar-refractivity contribution < 1.29 is 14.3 Å². The summed E-state index contributed by atoms with van der Waals surface area (Å²) in [5, 5.41) is 0. The van der Waals surface area contributed by atoms with Crippen molar-refractivity contribution >= 4 is 5.97 Å². The second-order valence-electron chi connectivity index (χ2n) is 4.08. The number of methoxy groups -OCH3 is 2. The second kappa shape index (κ2) is 5.56. The van der Waals surface area contributed by atoms with Crippen molar-refractivity contribution in [3.63, 3.8) is 0 Å². The molecule has 5 heteroatoms. The lowest BCUT2D eigenvalue weighted by atomic mass is 10.2. The number of nitrogens with zero attached hydrogens (tertiary/aromatic N) is 2. The summed E-state index contributed by atoms with van der Waals surface area (Å²) < 4.78 is 11.9. The maximum absolute atomic E-state index is 11.7. The fourth-order valence-electron chi connectivity index (χ4n) is 1.94. The molecule has 0 spiro atoms. The lowest BCUT2D eigenvalue weighted by Gasteiger charge is -2.12. The minimum atomic E-state index is -0.393. The molecule has 0 atom stereocenters. The molecule has 1 aromatic carbocycles. The van der Waals surface area contributed by atoms with Crippen LogP contribution in [0.3, 0.4) is 0 Å². The molecule has 0 bridgehead atoms. The SMILES string of the molecule is COC(=O)c1cnc(C)n1Cc1ccccc1OC. The highest BCUT2D eigenvalue weighted by Gasteiger charge is 2.16. The number of para-hydroxylation sites is 1. The van der Waals surface area contributed by atoms with Crippen molar-refractivity contribution in [3.05, 3.63) is 47.5 Å². The number of ether oxygens (including phenoxy) is 2. The molecular weight excluding hydrogens is 244 g/mol. The van der Waals surface area contributed by atoms with E-state index in [4.69, 9.17) is 9.47 Å². The molecule has 2 rings (SSSR count). The zero-order valence-corrected chi connectivity index (χ0v) is 11.2. The fraction of sp³-hybridized carbons (Fsp3) is 0.286. The average Bonchev–Trinajstić information content (AvgIpc) is 2.80. The molecule has 0 aliphatic heterocycles. The van der Waals surface area contributed by atoms with Crippen LogP contribution in [0, 0.1) is 6.92 Å². The van der Waals surface area contributed by atoms with Gasteiger partial charge in [0.05, 0.1) is 27.0 Å². The lowest BCUT2D eigenvalue weighted by Crippen LogP contribution is -2.13. The number of aromatic nitrogens is 2. The Labute approximate surface area is 111 Å². The first kappa shape index (κ1) is 13.1. The van der Waals surface area contributed by atoms with Crippen LogP contribution in [0.1, 0.15) is 21.9 Å². The van der Waals surface area contributed by atoms with E-state index >= 15 is 0 Å². The van der Waals surface area contributed by atoms with Gasteiger partial charge in [-0.15, -0.1) is 0 Å². The molecule has 0 fully saturated rings. The molecule has 0 aliphatic carbocycles. The topological polar surface area (TPSA) is 53.3 Å². The molecule has 1 aromatic heterocycles. The van der Waals surface area contributed by atoms with E-state index in [2.05, 4.69) is 4.98 Å². The Morgan fingerprint density at radius 3 is 2.74 bits per heavy atom. The summed E-state index contributed by atoms with van der Waals surface area (Å²) in [4.78, 5) is 15.8. The Morgan fingerprint density at radius 2 is 2.05 bits per heavy atom. The number of aryl methyl sites for hydroxylation is 1. The summed E-state index contributed by atoms with van der Waals surface area (Å²) in [6.45, 7) is 2.36. The number of imidazole rings is 1. The van der Waals surface area contributed by atoms with Gasteiger partial charge in [-0.25, -0.2) is 9.78 Å². The van der Waals surface area contributed by atoms with Crippen molar-refractivity contribution in [1.29, 1.82) is 0 Å². The molecule has 19 heavy (non-hydrogen) atoms. The van der Waals surface area contributed by atoms with Gasteiger partial charge < -0.3 is 14.0 Å². The highest BCUT2D eigenvalue weighted by molar-refractivity contribution is 5.87. The summed E-state index contributed by atoms with van der Waals surface area (Å²) in [5.41, 5.74) is 1.42. The van der Waals surface area contributed by atoms with Crippen molar-refractivity contribution in [1.82, 2.24) is 9.55 Å². The summed E-state index contributed by atoms with van der Waals surface area (Å²) in [6, 6.07) is 7.69. The molecule has 2 aromatic rings. The van der Waals surface area contributed by atoms with Gasteiger partial charge in [-0.1, -0.05) is 18.2 Å². The Morgan fingerprint density at radius 1 is 1.32 bits per heavy atom. The predicted molar refractivity (Wildman–Crippen MR) is 70.4 cm³/mol. The van der Waals surface area contributed by atoms with Crippen molar-refractivity contribution in [2.24, 2.45) is 0 Å². The van der Waals surface area contributed by atoms with Gasteiger partial charge in [0.2, 0.25) is 0 Å². The van der Waals surface area contributed by atoms with Crippen LogP contribution in [0.15, 0.2) is 30.5 Å². The first-order chi connectivity index (χ1) is 9.17. The van der Waals surface area contributed by atoms with Crippen LogP contribution < -0.4 is 4.74 Å². The molecule has 0 amide bonds. The van der Waals surface area contributed by atoms with Gasteiger partial charge in [0, 0.05) is 5.56 Å². The molecule has 100 valence electrons. The van der Waals surface area contributed by atoms with Gasteiger partial charge >= 0.3 is 5.97 Å². The van der Waals surface area contributed by atoms with E-state index in [0.29, 0.717) is 12.2 Å². The Balaban J connectivity index is 2.38. The van der Waals surface area contributed by atoms with Gasteiger partial charge in [-0.2, -0.15) is 0 Å². The molecule has 5 nitrogen and oxygen atoms in total. The zero-order valence-electron chi connectivity index (χ0n) is 11.2. The highest BCUT2D eigenvalue weighted by Crippen LogP contribution is 2.20. The predicted octanol–water partition coefficient (Wildman–Crippen LogP) is 2.04. The summed E-state index contributed by atoms with van der Waals surface area (Å²) in [6.07, 6.45) is 1.52. The zero-order chi connectivity index (χ0) is 13.8. The Kier molecular flexibility index (Phi) is 3.85. The normalized spacial score (nSPS) is 10.3. The van der Waals surface area contributed by atoms with Gasteiger partial charge in [0.25, 0.3) is 0 Å². The van der Waals surface area contributed by atoms with Crippen molar-refractivity contribution in [2.75, 3.05) is 14.2 Å². The number of carbonyl (C=O) groups excluding carboxylic acids is 1. The summed E-state index contributed by atoms with van der Waals surface area (Å²) in [5.74, 6) is 1.15. The third-order valence-corrected chi connectivity index (χ3v) is 2.97. The number of hydrogen-bond acceptors (Lipinski definition) is 4. The molecule has 0 saturated carbocycles. The average molecular weight is 260 g/mol. The lowest BCUT2D eigenvalue weighted by molar-refractivity contribution is 0.0588. The number of hydrogen-bond donors (Lipinski definition) is 0. The quantitative estimate of drug-likeness (QED) is 0.789. The number of benzene rings is 1. The van der Waals surface area contributed by atoms with E-state index in [0.717, 1.165) is 17.1 Å². The van der Waals surface area contributed by atoms with Gasteiger partial charge in [-0.3, -0.25) is 0 Å². The van der Waals surface area contributed by atoms with Crippen LogP contribution in [0.5, 0.6) is 5.75 Å². The minimum absolute atomic E-state index is 0.393. The molecule has 0 aliphatic rings. The minimum Gasteiger partial charge on any atom is -0.496 e. The van der Waals surface area contributed by atoms with E-state index in [1.165, 1.54) is 13.3 Å². The van der Waals surface area contributed by atoms with Gasteiger partial charge in [-0.05, 0) is 13.0 Å². The monoisotopic (exact) mass is 260 g/mol. The second-order valence-corrected chi connectivity index (χ2v) is 4.08. The molecule has 1 heterocycles. The molecule has 0 radical (unpaired) electrons. The Bertz CT molecular complexity index is 590. The van der Waals surface area contributed by atoms with Crippen LogP contribution in [0.2, 0.25) is 0 Å². The number of rotatable bonds is 4. The summed E-state index contributed by atoms with van der Waals surface area (Å²) in [7, 11) is 2.99. The van der Waals surface area contributed by atoms with E-state index in [1.54, 1.807) is 7.11 Å². The van der Waals surface area contributed by atoms with Crippen LogP contribution in [0.4, 0.5) is 0 Å². The maximum Gasteiger partial charge on any atom is 0.356 e. The third kappa shape index (κ3) is 2.59. The van der Waals surface area contributed by atoms with Crippen LogP contribution in [0.25, 0.3) is 0 Å². The van der Waals surface area contributed by atoms with E-state index in [9.17, 15) is 4.79 Å². The summed E-state index contributed by atoms with van der Waals surface area (Å²) >= 11 is 0. The smallest absolute Gasteiger partial charge is 0.356 e.